The van der Waals surface area contributed by atoms with Crippen LogP contribution in [0.15, 0.2) is 66.9 Å². The molecule has 0 bridgehead atoms. The average Bonchev–Trinajstić information content (AvgIpc) is 3.47. The molecule has 0 unspecified atom stereocenters. The normalized spacial score (nSPS) is 17.2. The molecular formula is C28H23ClF2N4O3. The summed E-state index contributed by atoms with van der Waals surface area (Å²) >= 11 is 6.23. The Hall–Kier alpha value is -4.11. The molecule has 38 heavy (non-hydrogen) atoms. The van der Waals surface area contributed by atoms with E-state index in [0.717, 1.165) is 0 Å². The Kier molecular flexibility index (Phi) is 6.94. The Morgan fingerprint density at radius 1 is 1.00 bits per heavy atom. The number of rotatable bonds is 7. The molecule has 10 heteroatoms. The molecule has 3 heterocycles. The van der Waals surface area contributed by atoms with Crippen LogP contribution in [-0.2, 0) is 22.4 Å². The zero-order chi connectivity index (χ0) is 27.0. The molecule has 0 spiro atoms. The fraction of sp³-hybridized carbons (Fsp3) is 0.214. The van der Waals surface area contributed by atoms with E-state index in [1.165, 1.54) is 11.0 Å². The minimum absolute atomic E-state index is 0.0136. The number of pyridine rings is 1. The second-order valence-corrected chi connectivity index (χ2v) is 9.58. The SMILES string of the molecule is NC(=O)c1nc(CC(=O)N2C[C@H](F)C[C@H]2C(=O)Cc2cccc(-c3ccccc3Cl)c2F)n2ccccc12. The second-order valence-electron chi connectivity index (χ2n) is 9.17. The van der Waals surface area contributed by atoms with Crippen molar-refractivity contribution >= 4 is 34.7 Å². The number of Topliss-reactive ketones (excluding diaryl/α,β-unsaturated/α-hetero) is 1. The summed E-state index contributed by atoms with van der Waals surface area (Å²) in [7, 11) is 0. The number of imidazole rings is 1. The number of carbonyl (C=O) groups excluding carboxylic acids is 3. The number of primary amides is 1. The highest BCUT2D eigenvalue weighted by Crippen LogP contribution is 2.32. The first-order valence-corrected chi connectivity index (χ1v) is 12.4. The average molecular weight is 537 g/mol. The van der Waals surface area contributed by atoms with E-state index in [1.54, 1.807) is 65.2 Å². The molecule has 5 rings (SSSR count). The van der Waals surface area contributed by atoms with E-state index in [-0.39, 0.29) is 48.5 Å². The van der Waals surface area contributed by atoms with E-state index >= 15 is 4.39 Å². The summed E-state index contributed by atoms with van der Waals surface area (Å²) in [6.45, 7) is -0.261. The van der Waals surface area contributed by atoms with Crippen molar-refractivity contribution in [3.63, 3.8) is 0 Å². The van der Waals surface area contributed by atoms with E-state index in [4.69, 9.17) is 17.3 Å². The molecule has 194 valence electrons. The highest BCUT2D eigenvalue weighted by molar-refractivity contribution is 6.33. The van der Waals surface area contributed by atoms with Gasteiger partial charge in [0.05, 0.1) is 24.5 Å². The summed E-state index contributed by atoms with van der Waals surface area (Å²) in [6.07, 6.45) is -0.526. The fourth-order valence-electron chi connectivity index (χ4n) is 4.92. The van der Waals surface area contributed by atoms with Gasteiger partial charge < -0.3 is 15.0 Å². The van der Waals surface area contributed by atoms with Crippen molar-refractivity contribution in [3.8, 4) is 11.1 Å². The van der Waals surface area contributed by atoms with Gasteiger partial charge in [0, 0.05) is 35.2 Å². The van der Waals surface area contributed by atoms with E-state index in [2.05, 4.69) is 4.98 Å². The van der Waals surface area contributed by atoms with Crippen LogP contribution in [0.1, 0.15) is 28.3 Å². The van der Waals surface area contributed by atoms with Crippen molar-refractivity contribution in [2.45, 2.75) is 31.5 Å². The zero-order valence-corrected chi connectivity index (χ0v) is 20.9. The summed E-state index contributed by atoms with van der Waals surface area (Å²) in [5, 5.41) is 0.369. The van der Waals surface area contributed by atoms with Gasteiger partial charge in [-0.3, -0.25) is 14.4 Å². The summed E-state index contributed by atoms with van der Waals surface area (Å²) in [5.41, 5.74) is 6.75. The molecule has 2 atom stereocenters. The summed E-state index contributed by atoms with van der Waals surface area (Å²) < 4.78 is 31.4. The summed E-state index contributed by atoms with van der Waals surface area (Å²) in [6, 6.07) is 15.5. The first-order valence-electron chi connectivity index (χ1n) is 12.0. The molecule has 2 aromatic heterocycles. The van der Waals surface area contributed by atoms with E-state index < -0.39 is 35.6 Å². The maximum Gasteiger partial charge on any atom is 0.269 e. The molecule has 1 aliphatic rings. The van der Waals surface area contributed by atoms with Gasteiger partial charge in [-0.25, -0.2) is 13.8 Å². The third kappa shape index (κ3) is 4.77. The molecule has 1 aliphatic heterocycles. The number of benzene rings is 2. The molecule has 2 N–H and O–H groups in total. The summed E-state index contributed by atoms with van der Waals surface area (Å²) in [4.78, 5) is 43.7. The standard InChI is InChI=1S/C28H23ClF2N4O3/c29-20-9-2-1-7-18(20)19-8-5-6-16(26(19)31)12-23(36)22-13-17(30)15-35(22)25(37)14-24-33-27(28(32)38)21-10-3-4-11-34(21)24/h1-11,17,22H,12-15H2,(H2,32,38)/t17-,22+/m1/s1. The number of halogens is 3. The number of hydrogen-bond donors (Lipinski definition) is 1. The van der Waals surface area contributed by atoms with Gasteiger partial charge in [-0.2, -0.15) is 0 Å². The molecule has 4 aromatic rings. The molecule has 2 amide bonds. The largest absolute Gasteiger partial charge is 0.364 e. The Morgan fingerprint density at radius 2 is 1.74 bits per heavy atom. The third-order valence-corrected chi connectivity index (χ3v) is 7.04. The number of fused-ring (bicyclic) bond motifs is 1. The number of carbonyl (C=O) groups is 3. The lowest BCUT2D eigenvalue weighted by Gasteiger charge is -2.23. The Labute approximate surface area is 221 Å². The number of nitrogens with zero attached hydrogens (tertiary/aromatic N) is 3. The predicted molar refractivity (Wildman–Crippen MR) is 138 cm³/mol. The number of aromatic nitrogens is 2. The van der Waals surface area contributed by atoms with Crippen LogP contribution in [-0.4, -0.2) is 50.6 Å². The molecule has 7 nitrogen and oxygen atoms in total. The van der Waals surface area contributed by atoms with Crippen molar-refractivity contribution in [1.82, 2.24) is 14.3 Å². The molecule has 0 saturated carbocycles. The first kappa shape index (κ1) is 25.5. The summed E-state index contributed by atoms with van der Waals surface area (Å²) in [5.74, 6) is -2.09. The maximum absolute atomic E-state index is 15.4. The first-order chi connectivity index (χ1) is 18.2. The molecular weight excluding hydrogens is 514 g/mol. The van der Waals surface area contributed by atoms with Crippen LogP contribution in [0.25, 0.3) is 16.6 Å². The van der Waals surface area contributed by atoms with Crippen LogP contribution < -0.4 is 5.73 Å². The number of likely N-dealkylation sites (tertiary alicyclic amines) is 1. The smallest absolute Gasteiger partial charge is 0.269 e. The molecule has 2 aromatic carbocycles. The predicted octanol–water partition coefficient (Wildman–Crippen LogP) is 4.19. The Morgan fingerprint density at radius 3 is 2.50 bits per heavy atom. The van der Waals surface area contributed by atoms with E-state index in [9.17, 15) is 18.8 Å². The van der Waals surface area contributed by atoms with Gasteiger partial charge >= 0.3 is 0 Å². The van der Waals surface area contributed by atoms with Gasteiger partial charge in [-0.1, -0.05) is 54.1 Å². The highest BCUT2D eigenvalue weighted by Gasteiger charge is 2.40. The van der Waals surface area contributed by atoms with Crippen LogP contribution in [0, 0.1) is 5.82 Å². The lowest BCUT2D eigenvalue weighted by atomic mass is 9.96. The van der Waals surface area contributed by atoms with E-state index in [0.29, 0.717) is 16.1 Å². The van der Waals surface area contributed by atoms with Crippen LogP contribution in [0.4, 0.5) is 8.78 Å². The third-order valence-electron chi connectivity index (χ3n) is 6.71. The van der Waals surface area contributed by atoms with Gasteiger partial charge in [0.15, 0.2) is 11.5 Å². The Balaban J connectivity index is 1.38. The van der Waals surface area contributed by atoms with Crippen molar-refractivity contribution < 1.29 is 23.2 Å². The van der Waals surface area contributed by atoms with E-state index in [1.807, 2.05) is 0 Å². The molecule has 0 radical (unpaired) electrons. The minimum Gasteiger partial charge on any atom is -0.364 e. The Bertz CT molecular complexity index is 1570. The number of hydrogen-bond acceptors (Lipinski definition) is 4. The quantitative estimate of drug-likeness (QED) is 0.383. The van der Waals surface area contributed by atoms with Gasteiger partial charge in [-0.15, -0.1) is 0 Å². The molecule has 1 saturated heterocycles. The van der Waals surface area contributed by atoms with Crippen molar-refractivity contribution in [2.24, 2.45) is 5.73 Å². The van der Waals surface area contributed by atoms with Gasteiger partial charge in [-0.05, 0) is 23.8 Å². The van der Waals surface area contributed by atoms with Crippen LogP contribution in [0.2, 0.25) is 5.02 Å². The number of amides is 2. The lowest BCUT2D eigenvalue weighted by molar-refractivity contribution is -0.137. The van der Waals surface area contributed by atoms with Crippen molar-refractivity contribution in [2.75, 3.05) is 6.54 Å². The van der Waals surface area contributed by atoms with Crippen LogP contribution in [0.5, 0.6) is 0 Å². The van der Waals surface area contributed by atoms with Crippen LogP contribution >= 0.6 is 11.6 Å². The van der Waals surface area contributed by atoms with Crippen LogP contribution in [0.3, 0.4) is 0 Å². The number of nitrogens with two attached hydrogens (primary N) is 1. The topological polar surface area (TPSA) is 97.8 Å². The number of ketones is 1. The minimum atomic E-state index is -1.40. The van der Waals surface area contributed by atoms with Crippen molar-refractivity contribution in [3.05, 3.63) is 94.8 Å². The van der Waals surface area contributed by atoms with Gasteiger partial charge in [0.2, 0.25) is 5.91 Å². The molecule has 1 fully saturated rings. The molecule has 0 aliphatic carbocycles. The maximum atomic E-state index is 15.4. The lowest BCUT2D eigenvalue weighted by Crippen LogP contribution is -2.42. The van der Waals surface area contributed by atoms with Crippen molar-refractivity contribution in [1.29, 1.82) is 0 Å². The highest BCUT2D eigenvalue weighted by atomic mass is 35.5. The monoisotopic (exact) mass is 536 g/mol. The fourth-order valence-corrected chi connectivity index (χ4v) is 5.16. The van der Waals surface area contributed by atoms with Gasteiger partial charge in [0.25, 0.3) is 5.91 Å². The number of alkyl halides is 1. The second kappa shape index (κ2) is 10.3. The van der Waals surface area contributed by atoms with Gasteiger partial charge in [0.1, 0.15) is 17.8 Å². The zero-order valence-electron chi connectivity index (χ0n) is 20.1.